The highest BCUT2D eigenvalue weighted by molar-refractivity contribution is 7.89. The molecule has 0 aliphatic carbocycles. The summed E-state index contributed by atoms with van der Waals surface area (Å²) in [5, 5.41) is 0.413. The van der Waals surface area contributed by atoms with Crippen molar-refractivity contribution < 1.29 is 12.8 Å². The van der Waals surface area contributed by atoms with Gasteiger partial charge in [0.15, 0.2) is 5.58 Å². The summed E-state index contributed by atoms with van der Waals surface area (Å²) in [6, 6.07) is 22.6. The highest BCUT2D eigenvalue weighted by Gasteiger charge is 2.29. The zero-order valence-electron chi connectivity index (χ0n) is 17.3. The van der Waals surface area contributed by atoms with Crippen molar-refractivity contribution in [1.29, 1.82) is 0 Å². The van der Waals surface area contributed by atoms with E-state index in [1.165, 1.54) is 10.4 Å². The molecular weight excluding hydrogens is 446 g/mol. The van der Waals surface area contributed by atoms with Crippen LogP contribution in [0.3, 0.4) is 0 Å². The highest BCUT2D eigenvalue weighted by atomic mass is 35.5. The molecule has 0 saturated carbocycles. The lowest BCUT2D eigenvalue weighted by molar-refractivity contribution is 0.169. The summed E-state index contributed by atoms with van der Waals surface area (Å²) in [4.78, 5) is 7.05. The van der Waals surface area contributed by atoms with Gasteiger partial charge in [-0.25, -0.2) is 13.4 Å². The van der Waals surface area contributed by atoms with Crippen molar-refractivity contribution in [2.24, 2.45) is 0 Å². The summed E-state index contributed by atoms with van der Waals surface area (Å²) >= 11 is 5.97. The maximum atomic E-state index is 12.9. The van der Waals surface area contributed by atoms with Crippen LogP contribution in [-0.2, 0) is 16.6 Å². The van der Waals surface area contributed by atoms with Crippen molar-refractivity contribution in [2.45, 2.75) is 11.4 Å². The van der Waals surface area contributed by atoms with Crippen molar-refractivity contribution in [3.05, 3.63) is 83.7 Å². The van der Waals surface area contributed by atoms with Gasteiger partial charge in [0.05, 0.1) is 11.4 Å². The first-order valence-corrected chi connectivity index (χ1v) is 12.2. The molecular formula is C24H22ClN3O3S. The summed E-state index contributed by atoms with van der Waals surface area (Å²) < 4.78 is 33.2. The quantitative estimate of drug-likeness (QED) is 0.427. The molecule has 1 aromatic heterocycles. The second-order valence-electron chi connectivity index (χ2n) is 7.79. The molecule has 0 radical (unpaired) electrons. The maximum absolute atomic E-state index is 12.9. The third kappa shape index (κ3) is 4.29. The Balaban J connectivity index is 1.26. The Morgan fingerprint density at radius 3 is 2.41 bits per heavy atom. The Bertz CT molecular complexity index is 1350. The number of rotatable bonds is 5. The minimum Gasteiger partial charge on any atom is -0.439 e. The zero-order chi connectivity index (χ0) is 22.1. The molecule has 1 saturated heterocycles. The second kappa shape index (κ2) is 8.67. The molecule has 0 spiro atoms. The van der Waals surface area contributed by atoms with Gasteiger partial charge in [-0.1, -0.05) is 54.1 Å². The van der Waals surface area contributed by atoms with Crippen LogP contribution in [0.25, 0.3) is 22.2 Å². The third-order valence-corrected chi connectivity index (χ3v) is 7.79. The van der Waals surface area contributed by atoms with Crippen molar-refractivity contribution in [2.75, 3.05) is 26.2 Å². The van der Waals surface area contributed by atoms with Gasteiger partial charge in [-0.3, -0.25) is 4.90 Å². The first kappa shape index (κ1) is 21.2. The molecule has 0 bridgehead atoms. The molecule has 1 fully saturated rings. The van der Waals surface area contributed by atoms with E-state index in [4.69, 9.17) is 16.0 Å². The molecule has 3 aromatic carbocycles. The molecule has 2 heterocycles. The Morgan fingerprint density at radius 2 is 1.66 bits per heavy atom. The largest absolute Gasteiger partial charge is 0.439 e. The van der Waals surface area contributed by atoms with Gasteiger partial charge in [-0.15, -0.1) is 0 Å². The maximum Gasteiger partial charge on any atom is 0.243 e. The molecule has 5 rings (SSSR count). The molecule has 0 N–H and O–H groups in total. The van der Waals surface area contributed by atoms with E-state index in [0.717, 1.165) is 22.2 Å². The number of piperazine rings is 1. The number of fused-ring (bicyclic) bond motifs is 1. The van der Waals surface area contributed by atoms with E-state index in [2.05, 4.69) is 22.0 Å². The molecule has 0 unspecified atom stereocenters. The minimum atomic E-state index is -3.55. The number of hydrogen-bond donors (Lipinski definition) is 0. The molecule has 1 aliphatic heterocycles. The number of halogens is 1. The first-order valence-electron chi connectivity index (χ1n) is 10.4. The van der Waals surface area contributed by atoms with Crippen LogP contribution in [0, 0.1) is 0 Å². The van der Waals surface area contributed by atoms with Crippen LogP contribution >= 0.6 is 11.6 Å². The number of sulfonamides is 1. The van der Waals surface area contributed by atoms with Crippen LogP contribution in [0.2, 0.25) is 5.02 Å². The van der Waals surface area contributed by atoms with Gasteiger partial charge >= 0.3 is 0 Å². The number of oxazole rings is 1. The number of benzene rings is 3. The van der Waals surface area contributed by atoms with E-state index in [1.807, 2.05) is 36.4 Å². The predicted molar refractivity (Wildman–Crippen MR) is 125 cm³/mol. The average molecular weight is 468 g/mol. The summed E-state index contributed by atoms with van der Waals surface area (Å²) in [5.41, 5.74) is 3.80. The fourth-order valence-corrected chi connectivity index (χ4v) is 5.67. The van der Waals surface area contributed by atoms with Gasteiger partial charge in [-0.2, -0.15) is 4.31 Å². The van der Waals surface area contributed by atoms with E-state index in [-0.39, 0.29) is 4.90 Å². The van der Waals surface area contributed by atoms with E-state index in [9.17, 15) is 8.42 Å². The molecule has 1 aliphatic rings. The minimum absolute atomic E-state index is 0.228. The van der Waals surface area contributed by atoms with Gasteiger partial charge in [0.25, 0.3) is 0 Å². The summed E-state index contributed by atoms with van der Waals surface area (Å²) in [7, 11) is -3.55. The fraction of sp³-hybridized carbons (Fsp3) is 0.208. The van der Waals surface area contributed by atoms with Crippen molar-refractivity contribution in [3.8, 4) is 11.1 Å². The van der Waals surface area contributed by atoms with Crippen LogP contribution in [0.5, 0.6) is 0 Å². The standard InChI is InChI=1S/C24H22ClN3O3S/c25-20-7-4-8-21(16-20)32(29,30)28-13-11-27(12-14-28)17-24-26-22-15-19(9-10-23(22)31-24)18-5-2-1-3-6-18/h1-10,15-16H,11-14,17H2. The molecule has 32 heavy (non-hydrogen) atoms. The fourth-order valence-electron chi connectivity index (χ4n) is 3.95. The van der Waals surface area contributed by atoms with E-state index >= 15 is 0 Å². The van der Waals surface area contributed by atoms with Crippen LogP contribution < -0.4 is 0 Å². The Kier molecular flexibility index (Phi) is 5.73. The van der Waals surface area contributed by atoms with Crippen LogP contribution in [0.1, 0.15) is 5.89 Å². The summed E-state index contributed by atoms with van der Waals surface area (Å²) in [6.45, 7) is 2.57. The Hall–Kier alpha value is -2.71. The van der Waals surface area contributed by atoms with Crippen LogP contribution in [0.15, 0.2) is 82.1 Å². The average Bonchev–Trinajstić information content (AvgIpc) is 3.21. The van der Waals surface area contributed by atoms with Gasteiger partial charge in [0.1, 0.15) is 5.52 Å². The highest BCUT2D eigenvalue weighted by Crippen LogP contribution is 2.26. The lowest BCUT2D eigenvalue weighted by Gasteiger charge is -2.33. The molecule has 164 valence electrons. The van der Waals surface area contributed by atoms with Gasteiger partial charge in [0, 0.05) is 31.2 Å². The predicted octanol–water partition coefficient (Wildman–Crippen LogP) is 4.65. The van der Waals surface area contributed by atoms with E-state index < -0.39 is 10.0 Å². The van der Waals surface area contributed by atoms with E-state index in [0.29, 0.717) is 43.6 Å². The number of aromatic nitrogens is 1. The van der Waals surface area contributed by atoms with Gasteiger partial charge < -0.3 is 4.42 Å². The molecule has 6 nitrogen and oxygen atoms in total. The van der Waals surface area contributed by atoms with Gasteiger partial charge in [0.2, 0.25) is 15.9 Å². The number of hydrogen-bond acceptors (Lipinski definition) is 5. The SMILES string of the molecule is O=S(=O)(c1cccc(Cl)c1)N1CCN(Cc2nc3cc(-c4ccccc4)ccc3o2)CC1. The molecule has 4 aromatic rings. The summed E-state index contributed by atoms with van der Waals surface area (Å²) in [5.74, 6) is 0.636. The normalized spacial score (nSPS) is 15.9. The lowest BCUT2D eigenvalue weighted by Crippen LogP contribution is -2.48. The van der Waals surface area contributed by atoms with Gasteiger partial charge in [-0.05, 0) is 41.5 Å². The Morgan fingerprint density at radius 1 is 0.875 bits per heavy atom. The smallest absolute Gasteiger partial charge is 0.243 e. The molecule has 0 atom stereocenters. The zero-order valence-corrected chi connectivity index (χ0v) is 18.9. The Labute approximate surface area is 192 Å². The number of nitrogens with zero attached hydrogens (tertiary/aromatic N) is 3. The molecule has 8 heteroatoms. The van der Waals surface area contributed by atoms with Crippen LogP contribution in [0.4, 0.5) is 0 Å². The van der Waals surface area contributed by atoms with Crippen molar-refractivity contribution in [1.82, 2.24) is 14.2 Å². The molecule has 0 amide bonds. The monoisotopic (exact) mass is 467 g/mol. The van der Waals surface area contributed by atoms with E-state index in [1.54, 1.807) is 18.2 Å². The van der Waals surface area contributed by atoms with Crippen molar-refractivity contribution >= 4 is 32.7 Å². The summed E-state index contributed by atoms with van der Waals surface area (Å²) in [6.07, 6.45) is 0. The first-order chi connectivity index (χ1) is 15.5. The second-order valence-corrected chi connectivity index (χ2v) is 10.2. The lowest BCUT2D eigenvalue weighted by atomic mass is 10.1. The van der Waals surface area contributed by atoms with Crippen LogP contribution in [-0.4, -0.2) is 48.8 Å². The topological polar surface area (TPSA) is 66.7 Å². The third-order valence-electron chi connectivity index (χ3n) is 5.66. The van der Waals surface area contributed by atoms with Crippen molar-refractivity contribution in [3.63, 3.8) is 0 Å².